The number of sulfonamides is 1. The summed E-state index contributed by atoms with van der Waals surface area (Å²) in [5, 5.41) is 0. The van der Waals surface area contributed by atoms with Gasteiger partial charge in [-0.05, 0) is 43.0 Å². The molecule has 1 unspecified atom stereocenters. The molecule has 1 aliphatic rings. The van der Waals surface area contributed by atoms with Crippen molar-refractivity contribution in [2.45, 2.75) is 19.8 Å². The topological polar surface area (TPSA) is 66.9 Å². The predicted molar refractivity (Wildman–Crippen MR) is 90.2 cm³/mol. The van der Waals surface area contributed by atoms with Gasteiger partial charge in [-0.3, -0.25) is 9.10 Å². The molecule has 1 saturated heterocycles. The maximum atomic E-state index is 12.1. The fourth-order valence-electron chi connectivity index (χ4n) is 2.60. The summed E-state index contributed by atoms with van der Waals surface area (Å²) in [5.41, 5.74) is 0.552. The maximum Gasteiger partial charge on any atom is 0.260 e. The Hall–Kier alpha value is -1.76. The minimum Gasteiger partial charge on any atom is -0.484 e. The van der Waals surface area contributed by atoms with Crippen LogP contribution in [-0.4, -0.2) is 52.2 Å². The second-order valence-electron chi connectivity index (χ2n) is 6.10. The highest BCUT2D eigenvalue weighted by molar-refractivity contribution is 7.92. The fraction of sp³-hybridized carbons (Fsp3) is 0.562. The summed E-state index contributed by atoms with van der Waals surface area (Å²) < 4.78 is 29.7. The molecular weight excluding hydrogens is 316 g/mol. The first-order chi connectivity index (χ1) is 10.8. The average molecular weight is 340 g/mol. The summed E-state index contributed by atoms with van der Waals surface area (Å²) in [7, 11) is -1.79. The van der Waals surface area contributed by atoms with Crippen LogP contribution in [0.1, 0.15) is 19.8 Å². The third-order valence-electron chi connectivity index (χ3n) is 4.07. The molecule has 2 rings (SSSR count). The van der Waals surface area contributed by atoms with Gasteiger partial charge in [0, 0.05) is 20.1 Å². The highest BCUT2D eigenvalue weighted by Crippen LogP contribution is 2.20. The minimum atomic E-state index is -3.28. The van der Waals surface area contributed by atoms with E-state index in [-0.39, 0.29) is 12.5 Å². The first kappa shape index (κ1) is 17.6. The van der Waals surface area contributed by atoms with E-state index in [1.54, 1.807) is 24.3 Å². The van der Waals surface area contributed by atoms with Crippen molar-refractivity contribution in [3.8, 4) is 5.75 Å². The zero-order valence-corrected chi connectivity index (χ0v) is 14.7. The first-order valence-corrected chi connectivity index (χ1v) is 9.57. The number of hydrogen-bond acceptors (Lipinski definition) is 4. The van der Waals surface area contributed by atoms with E-state index in [1.165, 1.54) is 17.8 Å². The van der Waals surface area contributed by atoms with Gasteiger partial charge >= 0.3 is 0 Å². The molecule has 0 aliphatic carbocycles. The number of likely N-dealkylation sites (tertiary alicyclic amines) is 1. The van der Waals surface area contributed by atoms with E-state index in [2.05, 4.69) is 6.92 Å². The quantitative estimate of drug-likeness (QED) is 0.818. The Kier molecular flexibility index (Phi) is 5.51. The molecule has 23 heavy (non-hydrogen) atoms. The lowest BCUT2D eigenvalue weighted by atomic mass is 10.0. The SMILES string of the molecule is CC1CCCN(C(=O)COc2ccc(N(C)S(C)(=O)=O)cc2)C1. The van der Waals surface area contributed by atoms with Crippen LogP contribution in [0.2, 0.25) is 0 Å². The van der Waals surface area contributed by atoms with Crippen molar-refractivity contribution < 1.29 is 17.9 Å². The molecule has 0 bridgehead atoms. The monoisotopic (exact) mass is 340 g/mol. The smallest absolute Gasteiger partial charge is 0.260 e. The fourth-order valence-corrected chi connectivity index (χ4v) is 3.10. The van der Waals surface area contributed by atoms with Gasteiger partial charge in [-0.1, -0.05) is 6.92 Å². The standard InChI is InChI=1S/C16H24N2O4S/c1-13-5-4-10-18(11-13)16(19)12-22-15-8-6-14(7-9-15)17(2)23(3,20)21/h6-9,13H,4-5,10-12H2,1-3H3. The Bertz CT molecular complexity index is 643. The van der Waals surface area contributed by atoms with E-state index in [0.29, 0.717) is 17.4 Å². The molecule has 1 aliphatic heterocycles. The number of piperidine rings is 1. The van der Waals surface area contributed by atoms with Crippen LogP contribution in [0, 0.1) is 5.92 Å². The molecule has 1 heterocycles. The van der Waals surface area contributed by atoms with Crippen molar-refractivity contribution in [3.63, 3.8) is 0 Å². The van der Waals surface area contributed by atoms with E-state index < -0.39 is 10.0 Å². The molecule has 1 atom stereocenters. The summed E-state index contributed by atoms with van der Waals surface area (Å²) in [6.07, 6.45) is 3.36. The van der Waals surface area contributed by atoms with Gasteiger partial charge in [0.05, 0.1) is 11.9 Å². The molecule has 1 fully saturated rings. The van der Waals surface area contributed by atoms with Crippen LogP contribution in [0.5, 0.6) is 5.75 Å². The Balaban J connectivity index is 1.90. The molecule has 1 aromatic rings. The number of rotatable bonds is 5. The number of amides is 1. The van der Waals surface area contributed by atoms with Crippen molar-refractivity contribution in [1.29, 1.82) is 0 Å². The Morgan fingerprint density at radius 1 is 1.35 bits per heavy atom. The molecule has 0 radical (unpaired) electrons. The van der Waals surface area contributed by atoms with Gasteiger partial charge in [-0.15, -0.1) is 0 Å². The molecule has 1 aromatic carbocycles. The number of anilines is 1. The van der Waals surface area contributed by atoms with Crippen LogP contribution in [0.25, 0.3) is 0 Å². The molecular formula is C16H24N2O4S. The summed E-state index contributed by atoms with van der Waals surface area (Å²) in [4.78, 5) is 14.0. The van der Waals surface area contributed by atoms with Gasteiger partial charge < -0.3 is 9.64 Å². The first-order valence-electron chi connectivity index (χ1n) is 7.72. The normalized spacial score (nSPS) is 18.6. The van der Waals surface area contributed by atoms with Crippen molar-refractivity contribution in [3.05, 3.63) is 24.3 Å². The summed E-state index contributed by atoms with van der Waals surface area (Å²) in [6.45, 7) is 3.75. The molecule has 6 nitrogen and oxygen atoms in total. The Labute approximate surface area is 138 Å². The van der Waals surface area contributed by atoms with Gasteiger partial charge in [-0.25, -0.2) is 8.42 Å². The van der Waals surface area contributed by atoms with Crippen LogP contribution < -0.4 is 9.04 Å². The number of carbonyl (C=O) groups is 1. The minimum absolute atomic E-state index is 0.00567. The number of benzene rings is 1. The number of ether oxygens (including phenoxy) is 1. The summed E-state index contributed by atoms with van der Waals surface area (Å²) in [5.74, 6) is 1.08. The van der Waals surface area contributed by atoms with Crippen LogP contribution in [-0.2, 0) is 14.8 Å². The number of hydrogen-bond donors (Lipinski definition) is 0. The van der Waals surface area contributed by atoms with Crippen LogP contribution in [0.4, 0.5) is 5.69 Å². The Morgan fingerprint density at radius 3 is 2.57 bits per heavy atom. The average Bonchev–Trinajstić information content (AvgIpc) is 2.51. The lowest BCUT2D eigenvalue weighted by molar-refractivity contribution is -0.135. The van der Waals surface area contributed by atoms with E-state index in [4.69, 9.17) is 4.74 Å². The molecule has 7 heteroatoms. The number of carbonyl (C=O) groups excluding carboxylic acids is 1. The van der Waals surface area contributed by atoms with E-state index >= 15 is 0 Å². The Morgan fingerprint density at radius 2 is 2.00 bits per heavy atom. The van der Waals surface area contributed by atoms with Crippen molar-refractivity contribution in [2.24, 2.45) is 5.92 Å². The molecule has 1 amide bonds. The highest BCUT2D eigenvalue weighted by atomic mass is 32.2. The second-order valence-corrected chi connectivity index (χ2v) is 8.11. The van der Waals surface area contributed by atoms with Gasteiger partial charge in [0.1, 0.15) is 5.75 Å². The van der Waals surface area contributed by atoms with E-state index in [9.17, 15) is 13.2 Å². The number of nitrogens with zero attached hydrogens (tertiary/aromatic N) is 2. The lowest BCUT2D eigenvalue weighted by Crippen LogP contribution is -2.41. The molecule has 0 aromatic heterocycles. The highest BCUT2D eigenvalue weighted by Gasteiger charge is 2.21. The van der Waals surface area contributed by atoms with E-state index in [0.717, 1.165) is 25.8 Å². The molecule has 0 N–H and O–H groups in total. The molecule has 0 spiro atoms. The molecule has 128 valence electrons. The third kappa shape index (κ3) is 4.86. The molecule has 0 saturated carbocycles. The van der Waals surface area contributed by atoms with Crippen molar-refractivity contribution in [2.75, 3.05) is 37.3 Å². The summed E-state index contributed by atoms with van der Waals surface area (Å²) >= 11 is 0. The van der Waals surface area contributed by atoms with Crippen molar-refractivity contribution in [1.82, 2.24) is 4.90 Å². The van der Waals surface area contributed by atoms with Crippen LogP contribution >= 0.6 is 0 Å². The summed E-state index contributed by atoms with van der Waals surface area (Å²) in [6, 6.07) is 6.65. The van der Waals surface area contributed by atoms with Gasteiger partial charge in [0.25, 0.3) is 5.91 Å². The zero-order valence-electron chi connectivity index (χ0n) is 13.9. The van der Waals surface area contributed by atoms with Crippen LogP contribution in [0.15, 0.2) is 24.3 Å². The van der Waals surface area contributed by atoms with Gasteiger partial charge in [0.15, 0.2) is 6.61 Å². The van der Waals surface area contributed by atoms with Gasteiger partial charge in [0.2, 0.25) is 10.0 Å². The largest absolute Gasteiger partial charge is 0.484 e. The maximum absolute atomic E-state index is 12.1. The third-order valence-corrected chi connectivity index (χ3v) is 5.28. The lowest BCUT2D eigenvalue weighted by Gasteiger charge is -2.30. The van der Waals surface area contributed by atoms with Crippen LogP contribution in [0.3, 0.4) is 0 Å². The van der Waals surface area contributed by atoms with Crippen molar-refractivity contribution >= 4 is 21.6 Å². The second kappa shape index (κ2) is 7.21. The van der Waals surface area contributed by atoms with E-state index in [1.807, 2.05) is 4.90 Å². The zero-order chi connectivity index (χ0) is 17.0. The van der Waals surface area contributed by atoms with Gasteiger partial charge in [-0.2, -0.15) is 0 Å². The predicted octanol–water partition coefficient (Wildman–Crippen LogP) is 1.72.